The number of hydrogen-bond acceptors (Lipinski definition) is 4. The van der Waals surface area contributed by atoms with Crippen molar-refractivity contribution in [2.75, 3.05) is 13.1 Å². The summed E-state index contributed by atoms with van der Waals surface area (Å²) in [7, 11) is 0. The topological polar surface area (TPSA) is 78.1 Å². The highest BCUT2D eigenvalue weighted by Crippen LogP contribution is 2.21. The predicted molar refractivity (Wildman–Crippen MR) is 101 cm³/mol. The maximum absolute atomic E-state index is 12.7. The summed E-state index contributed by atoms with van der Waals surface area (Å²) in [5.41, 5.74) is 1.72. The number of benzene rings is 1. The van der Waals surface area contributed by atoms with Crippen molar-refractivity contribution in [2.45, 2.75) is 19.4 Å². The first-order chi connectivity index (χ1) is 12.7. The van der Waals surface area contributed by atoms with E-state index in [9.17, 15) is 9.59 Å². The van der Waals surface area contributed by atoms with Gasteiger partial charge in [0, 0.05) is 53.2 Å². The molecule has 1 saturated heterocycles. The Morgan fingerprint density at radius 2 is 2.12 bits per heavy atom. The van der Waals surface area contributed by atoms with Crippen molar-refractivity contribution in [1.29, 1.82) is 0 Å². The van der Waals surface area contributed by atoms with Gasteiger partial charge in [-0.25, -0.2) is 4.98 Å². The number of fused-ring (bicyclic) bond motifs is 1. The van der Waals surface area contributed by atoms with Crippen molar-refractivity contribution in [3.8, 4) is 0 Å². The molecule has 0 spiro atoms. The van der Waals surface area contributed by atoms with Gasteiger partial charge in [0.2, 0.25) is 5.91 Å². The quantitative estimate of drug-likeness (QED) is 0.743. The van der Waals surface area contributed by atoms with E-state index in [1.807, 2.05) is 40.7 Å². The third-order valence-electron chi connectivity index (χ3n) is 4.85. The predicted octanol–water partition coefficient (Wildman–Crippen LogP) is 2.79. The van der Waals surface area contributed by atoms with Crippen LogP contribution in [-0.2, 0) is 11.3 Å². The van der Waals surface area contributed by atoms with Gasteiger partial charge in [-0.1, -0.05) is 0 Å². The summed E-state index contributed by atoms with van der Waals surface area (Å²) < 4.78 is 0. The molecule has 7 heteroatoms. The van der Waals surface area contributed by atoms with Crippen LogP contribution in [0.1, 0.15) is 28.2 Å². The Morgan fingerprint density at radius 3 is 2.88 bits per heavy atom. The van der Waals surface area contributed by atoms with Gasteiger partial charge in [0.05, 0.1) is 6.54 Å². The highest BCUT2D eigenvalue weighted by molar-refractivity contribution is 7.09. The fourth-order valence-corrected chi connectivity index (χ4v) is 3.92. The molecule has 1 aromatic carbocycles. The molecule has 3 aromatic rings. The van der Waals surface area contributed by atoms with Crippen LogP contribution >= 0.6 is 11.3 Å². The number of piperidine rings is 1. The molecule has 3 heterocycles. The van der Waals surface area contributed by atoms with E-state index in [0.717, 1.165) is 15.9 Å². The lowest BCUT2D eigenvalue weighted by Crippen LogP contribution is -2.42. The Kier molecular flexibility index (Phi) is 4.71. The lowest BCUT2D eigenvalue weighted by Gasteiger charge is -2.31. The molecule has 2 aromatic heterocycles. The van der Waals surface area contributed by atoms with Gasteiger partial charge in [-0.15, -0.1) is 11.3 Å². The number of likely N-dealkylation sites (tertiary alicyclic amines) is 1. The van der Waals surface area contributed by atoms with Crippen LogP contribution in [0.4, 0.5) is 0 Å². The van der Waals surface area contributed by atoms with Crippen LogP contribution in [0.25, 0.3) is 10.9 Å². The number of carbonyl (C=O) groups excluding carboxylic acids is 2. The highest BCUT2D eigenvalue weighted by Gasteiger charge is 2.27. The maximum Gasteiger partial charge on any atom is 0.253 e. The van der Waals surface area contributed by atoms with Crippen LogP contribution < -0.4 is 5.32 Å². The molecule has 26 heavy (non-hydrogen) atoms. The Balaban J connectivity index is 1.32. The first kappa shape index (κ1) is 16.8. The van der Waals surface area contributed by atoms with Gasteiger partial charge in [-0.2, -0.15) is 0 Å². The van der Waals surface area contributed by atoms with E-state index in [4.69, 9.17) is 0 Å². The summed E-state index contributed by atoms with van der Waals surface area (Å²) in [4.78, 5) is 34.2. The smallest absolute Gasteiger partial charge is 0.253 e. The number of hydrogen-bond donors (Lipinski definition) is 2. The second-order valence-corrected chi connectivity index (χ2v) is 7.47. The molecule has 2 amide bonds. The Labute approximate surface area is 155 Å². The number of nitrogens with zero attached hydrogens (tertiary/aromatic N) is 2. The molecule has 6 nitrogen and oxygen atoms in total. The molecule has 1 fully saturated rings. The number of amides is 2. The number of H-pyrrole nitrogens is 1. The molecule has 4 rings (SSSR count). The Hall–Kier alpha value is -2.67. The summed E-state index contributed by atoms with van der Waals surface area (Å²) >= 11 is 1.53. The first-order valence-corrected chi connectivity index (χ1v) is 9.61. The van der Waals surface area contributed by atoms with Crippen molar-refractivity contribution in [3.05, 3.63) is 52.6 Å². The summed E-state index contributed by atoms with van der Waals surface area (Å²) in [6.45, 7) is 1.70. The third-order valence-corrected chi connectivity index (χ3v) is 5.63. The molecular formula is C19H20N4O2S. The molecule has 0 unspecified atom stereocenters. The lowest BCUT2D eigenvalue weighted by atomic mass is 9.95. The fraction of sp³-hybridized carbons (Fsp3) is 0.316. The van der Waals surface area contributed by atoms with E-state index >= 15 is 0 Å². The zero-order valence-electron chi connectivity index (χ0n) is 14.3. The minimum atomic E-state index is -0.0360. The minimum Gasteiger partial charge on any atom is -0.361 e. The van der Waals surface area contributed by atoms with E-state index in [0.29, 0.717) is 38.0 Å². The van der Waals surface area contributed by atoms with E-state index in [1.54, 1.807) is 6.20 Å². The number of carbonyl (C=O) groups is 2. The molecule has 2 N–H and O–H groups in total. The van der Waals surface area contributed by atoms with Crippen LogP contribution in [0.15, 0.2) is 42.0 Å². The van der Waals surface area contributed by atoms with Gasteiger partial charge >= 0.3 is 0 Å². The molecule has 0 bridgehead atoms. The normalized spacial score (nSPS) is 15.3. The standard InChI is InChI=1S/C19H20N4O2S/c24-18(22-12-17-21-7-10-26-17)13-4-8-23(9-5-13)19(25)15-1-2-16-14(11-15)3-6-20-16/h1-3,6-7,10-11,13,20H,4-5,8-9,12H2,(H,22,24). The van der Waals surface area contributed by atoms with Gasteiger partial charge in [0.1, 0.15) is 5.01 Å². The highest BCUT2D eigenvalue weighted by atomic mass is 32.1. The molecule has 0 saturated carbocycles. The largest absolute Gasteiger partial charge is 0.361 e. The number of rotatable bonds is 4. The second kappa shape index (κ2) is 7.29. The SMILES string of the molecule is O=C(NCc1nccs1)C1CCN(C(=O)c2ccc3[nH]ccc3c2)CC1. The van der Waals surface area contributed by atoms with Crippen LogP contribution in [0.5, 0.6) is 0 Å². The Morgan fingerprint density at radius 1 is 1.27 bits per heavy atom. The van der Waals surface area contributed by atoms with Crippen LogP contribution in [0, 0.1) is 5.92 Å². The van der Waals surface area contributed by atoms with Crippen LogP contribution in [0.3, 0.4) is 0 Å². The van der Waals surface area contributed by atoms with Gasteiger partial charge in [0.25, 0.3) is 5.91 Å². The van der Waals surface area contributed by atoms with E-state index in [1.165, 1.54) is 11.3 Å². The van der Waals surface area contributed by atoms with E-state index < -0.39 is 0 Å². The van der Waals surface area contributed by atoms with E-state index in [-0.39, 0.29) is 17.7 Å². The van der Waals surface area contributed by atoms with Gasteiger partial charge in [0.15, 0.2) is 0 Å². The molecule has 1 aliphatic rings. The maximum atomic E-state index is 12.7. The van der Waals surface area contributed by atoms with Crippen LogP contribution in [0.2, 0.25) is 0 Å². The van der Waals surface area contributed by atoms with Crippen molar-refractivity contribution >= 4 is 34.1 Å². The monoisotopic (exact) mass is 368 g/mol. The first-order valence-electron chi connectivity index (χ1n) is 8.73. The zero-order valence-corrected chi connectivity index (χ0v) is 15.1. The fourth-order valence-electron chi connectivity index (χ4n) is 3.36. The van der Waals surface area contributed by atoms with Gasteiger partial charge < -0.3 is 15.2 Å². The summed E-state index contributed by atoms with van der Waals surface area (Å²) in [6.07, 6.45) is 5.00. The molecule has 0 aliphatic carbocycles. The number of nitrogens with one attached hydrogen (secondary N) is 2. The average Bonchev–Trinajstić information content (AvgIpc) is 3.36. The zero-order chi connectivity index (χ0) is 17.9. The van der Waals surface area contributed by atoms with Gasteiger partial charge in [-0.05, 0) is 37.1 Å². The molecular weight excluding hydrogens is 348 g/mol. The number of aromatic nitrogens is 2. The van der Waals surface area contributed by atoms with Gasteiger partial charge in [-0.3, -0.25) is 9.59 Å². The summed E-state index contributed by atoms with van der Waals surface area (Å²) in [6, 6.07) is 7.67. The third kappa shape index (κ3) is 3.48. The second-order valence-electron chi connectivity index (χ2n) is 6.49. The summed E-state index contributed by atoms with van der Waals surface area (Å²) in [5.74, 6) is 0.0574. The summed E-state index contributed by atoms with van der Waals surface area (Å²) in [5, 5.41) is 6.79. The number of thiazole rings is 1. The Bertz CT molecular complexity index is 911. The van der Waals surface area contributed by atoms with Crippen molar-refractivity contribution in [1.82, 2.24) is 20.2 Å². The van der Waals surface area contributed by atoms with Crippen molar-refractivity contribution in [2.24, 2.45) is 5.92 Å². The van der Waals surface area contributed by atoms with E-state index in [2.05, 4.69) is 15.3 Å². The lowest BCUT2D eigenvalue weighted by molar-refractivity contribution is -0.126. The van der Waals surface area contributed by atoms with Crippen molar-refractivity contribution in [3.63, 3.8) is 0 Å². The molecule has 134 valence electrons. The average molecular weight is 368 g/mol. The molecule has 1 aliphatic heterocycles. The van der Waals surface area contributed by atoms with Crippen molar-refractivity contribution < 1.29 is 9.59 Å². The molecule has 0 radical (unpaired) electrons. The van der Waals surface area contributed by atoms with Crippen LogP contribution in [-0.4, -0.2) is 39.8 Å². The minimum absolute atomic E-state index is 0.0360. The number of aromatic amines is 1. The molecule has 0 atom stereocenters.